The number of carbonyl (C=O) groups excluding carboxylic acids is 1. The Labute approximate surface area is 53.1 Å². The lowest BCUT2D eigenvalue weighted by molar-refractivity contribution is 0.242. The average molecular weight is 127 g/mol. The maximum Gasteiger partial charge on any atom is 0.341 e. The molecule has 0 spiro atoms. The van der Waals surface area contributed by atoms with Crippen molar-refractivity contribution < 1.29 is 4.79 Å². The van der Waals surface area contributed by atoms with E-state index < -0.39 is 0 Å². The fourth-order valence-electron chi connectivity index (χ4n) is 0.589. The van der Waals surface area contributed by atoms with E-state index in [0.29, 0.717) is 0 Å². The van der Waals surface area contributed by atoms with Crippen molar-refractivity contribution in [2.24, 2.45) is 16.6 Å². The van der Waals surface area contributed by atoms with Crippen molar-refractivity contribution in [2.45, 2.75) is 13.1 Å². The second kappa shape index (κ2) is 2.14. The number of hydrogen-bond donors (Lipinski definition) is 2. The topological polar surface area (TPSA) is 67.5 Å². The first-order chi connectivity index (χ1) is 4.20. The predicted molar refractivity (Wildman–Crippen MR) is 34.2 cm³/mol. The normalized spacial score (nSPS) is 34.2. The lowest BCUT2D eigenvalue weighted by Gasteiger charge is -2.19. The van der Waals surface area contributed by atoms with Crippen LogP contribution in [-0.2, 0) is 0 Å². The Balaban J connectivity index is 2.65. The number of urea groups is 1. The van der Waals surface area contributed by atoms with Crippen molar-refractivity contribution in [1.29, 1.82) is 0 Å². The molecule has 0 radical (unpaired) electrons. The molecule has 0 bridgehead atoms. The van der Waals surface area contributed by atoms with Gasteiger partial charge in [-0.25, -0.2) is 9.79 Å². The van der Waals surface area contributed by atoms with Gasteiger partial charge in [0.2, 0.25) is 0 Å². The van der Waals surface area contributed by atoms with E-state index in [1.54, 1.807) is 6.21 Å². The molecule has 4 nitrogen and oxygen atoms in total. The van der Waals surface area contributed by atoms with Crippen LogP contribution in [0.25, 0.3) is 0 Å². The molecule has 50 valence electrons. The number of nitrogens with one attached hydrogen (secondary N) is 1. The first-order valence-electron chi connectivity index (χ1n) is 2.80. The Bertz CT molecular complexity index is 154. The van der Waals surface area contributed by atoms with Crippen molar-refractivity contribution >= 4 is 12.2 Å². The summed E-state index contributed by atoms with van der Waals surface area (Å²) in [6, 6.07) is -0.347. The molecule has 0 aromatic carbocycles. The summed E-state index contributed by atoms with van der Waals surface area (Å²) in [4.78, 5) is 13.9. The first-order valence-corrected chi connectivity index (χ1v) is 2.80. The molecule has 1 aliphatic heterocycles. The molecule has 2 unspecified atom stereocenters. The number of nitrogens with zero attached hydrogens (tertiary/aromatic N) is 1. The third kappa shape index (κ3) is 1.26. The SMILES string of the molecule is CC1C=NC(=O)NC1N. The van der Waals surface area contributed by atoms with Crippen molar-refractivity contribution in [3.63, 3.8) is 0 Å². The third-order valence-electron chi connectivity index (χ3n) is 1.28. The standard InChI is InChI=1S/C5H9N3O/c1-3-2-7-5(9)8-4(3)6/h2-4H,6H2,1H3,(H,8,9). The third-order valence-corrected chi connectivity index (χ3v) is 1.28. The van der Waals surface area contributed by atoms with Gasteiger partial charge in [0.05, 0.1) is 6.17 Å². The minimum Gasteiger partial charge on any atom is -0.320 e. The van der Waals surface area contributed by atoms with E-state index in [1.807, 2.05) is 6.92 Å². The van der Waals surface area contributed by atoms with Crippen LogP contribution in [0.15, 0.2) is 4.99 Å². The number of hydrogen-bond acceptors (Lipinski definition) is 2. The van der Waals surface area contributed by atoms with E-state index in [-0.39, 0.29) is 18.1 Å². The molecular weight excluding hydrogens is 118 g/mol. The van der Waals surface area contributed by atoms with E-state index in [4.69, 9.17) is 5.73 Å². The summed E-state index contributed by atoms with van der Waals surface area (Å²) in [5, 5.41) is 2.47. The molecule has 9 heavy (non-hydrogen) atoms. The lowest BCUT2D eigenvalue weighted by Crippen LogP contribution is -2.48. The van der Waals surface area contributed by atoms with Gasteiger partial charge in [-0.05, 0) is 0 Å². The summed E-state index contributed by atoms with van der Waals surface area (Å²) in [5.41, 5.74) is 5.45. The number of amides is 2. The van der Waals surface area contributed by atoms with Crippen LogP contribution in [0.4, 0.5) is 4.79 Å². The molecule has 0 fully saturated rings. The highest BCUT2D eigenvalue weighted by Gasteiger charge is 2.16. The molecule has 4 heteroatoms. The van der Waals surface area contributed by atoms with E-state index >= 15 is 0 Å². The van der Waals surface area contributed by atoms with Crippen molar-refractivity contribution in [3.8, 4) is 0 Å². The van der Waals surface area contributed by atoms with Crippen LogP contribution in [0, 0.1) is 5.92 Å². The average Bonchev–Trinajstić information content (AvgIpc) is 1.80. The van der Waals surface area contributed by atoms with Crippen molar-refractivity contribution in [2.75, 3.05) is 0 Å². The van der Waals surface area contributed by atoms with Crippen LogP contribution >= 0.6 is 0 Å². The Morgan fingerprint density at radius 1 is 1.89 bits per heavy atom. The molecule has 3 N–H and O–H groups in total. The smallest absolute Gasteiger partial charge is 0.320 e. The molecule has 2 amide bonds. The lowest BCUT2D eigenvalue weighted by atomic mass is 10.1. The molecule has 0 saturated carbocycles. The molecule has 1 rings (SSSR count). The summed E-state index contributed by atoms with van der Waals surface area (Å²) in [5.74, 6) is 0.141. The molecule has 0 aromatic rings. The van der Waals surface area contributed by atoms with Crippen LogP contribution in [-0.4, -0.2) is 18.4 Å². The van der Waals surface area contributed by atoms with Gasteiger partial charge in [-0.2, -0.15) is 0 Å². The molecule has 0 aromatic heterocycles. The van der Waals surface area contributed by atoms with Gasteiger partial charge in [0.1, 0.15) is 0 Å². The summed E-state index contributed by atoms with van der Waals surface area (Å²) in [7, 11) is 0. The summed E-state index contributed by atoms with van der Waals surface area (Å²) in [6.45, 7) is 1.90. The zero-order valence-corrected chi connectivity index (χ0v) is 5.16. The molecule has 0 aliphatic carbocycles. The van der Waals surface area contributed by atoms with Crippen LogP contribution in [0.5, 0.6) is 0 Å². The zero-order chi connectivity index (χ0) is 6.85. The second-order valence-corrected chi connectivity index (χ2v) is 2.11. The zero-order valence-electron chi connectivity index (χ0n) is 5.16. The van der Waals surface area contributed by atoms with Gasteiger partial charge in [-0.15, -0.1) is 0 Å². The van der Waals surface area contributed by atoms with Gasteiger partial charge in [0.15, 0.2) is 0 Å². The van der Waals surface area contributed by atoms with Gasteiger partial charge in [0.25, 0.3) is 0 Å². The molecular formula is C5H9N3O. The number of aliphatic imine (C=N–C) groups is 1. The highest BCUT2D eigenvalue weighted by molar-refractivity contribution is 5.87. The van der Waals surface area contributed by atoms with Gasteiger partial charge >= 0.3 is 6.03 Å². The predicted octanol–water partition coefficient (Wildman–Crippen LogP) is -0.299. The Hall–Kier alpha value is -0.900. The van der Waals surface area contributed by atoms with E-state index in [0.717, 1.165) is 0 Å². The van der Waals surface area contributed by atoms with Gasteiger partial charge in [0, 0.05) is 12.1 Å². The minimum atomic E-state index is -0.347. The van der Waals surface area contributed by atoms with Crippen molar-refractivity contribution in [1.82, 2.24) is 5.32 Å². The highest BCUT2D eigenvalue weighted by Crippen LogP contribution is 1.98. The minimum absolute atomic E-state index is 0.141. The summed E-state index contributed by atoms with van der Waals surface area (Å²) < 4.78 is 0. The monoisotopic (exact) mass is 127 g/mol. The van der Waals surface area contributed by atoms with Crippen LogP contribution in [0.3, 0.4) is 0 Å². The molecule has 1 aliphatic rings. The Morgan fingerprint density at radius 3 is 3.00 bits per heavy atom. The van der Waals surface area contributed by atoms with Gasteiger partial charge < -0.3 is 11.1 Å². The van der Waals surface area contributed by atoms with Crippen LogP contribution < -0.4 is 11.1 Å². The molecule has 1 heterocycles. The number of rotatable bonds is 0. The van der Waals surface area contributed by atoms with E-state index in [1.165, 1.54) is 0 Å². The summed E-state index contributed by atoms with van der Waals surface area (Å²) >= 11 is 0. The first kappa shape index (κ1) is 6.22. The van der Waals surface area contributed by atoms with Crippen LogP contribution in [0.1, 0.15) is 6.92 Å². The fraction of sp³-hybridized carbons (Fsp3) is 0.600. The fourth-order valence-corrected chi connectivity index (χ4v) is 0.589. The second-order valence-electron chi connectivity index (χ2n) is 2.11. The number of nitrogens with two attached hydrogens (primary N) is 1. The van der Waals surface area contributed by atoms with Crippen molar-refractivity contribution in [3.05, 3.63) is 0 Å². The Morgan fingerprint density at radius 2 is 2.56 bits per heavy atom. The van der Waals surface area contributed by atoms with Gasteiger partial charge in [-0.1, -0.05) is 6.92 Å². The maximum absolute atomic E-state index is 10.4. The Kier molecular flexibility index (Phi) is 1.48. The van der Waals surface area contributed by atoms with E-state index in [2.05, 4.69) is 10.3 Å². The van der Waals surface area contributed by atoms with Crippen LogP contribution in [0.2, 0.25) is 0 Å². The maximum atomic E-state index is 10.4. The quantitative estimate of drug-likeness (QED) is 0.469. The molecule has 0 saturated heterocycles. The van der Waals surface area contributed by atoms with Gasteiger partial charge in [-0.3, -0.25) is 0 Å². The number of carbonyl (C=O) groups is 1. The van der Waals surface area contributed by atoms with E-state index in [9.17, 15) is 4.79 Å². The molecule has 2 atom stereocenters. The summed E-state index contributed by atoms with van der Waals surface area (Å²) in [6.07, 6.45) is 1.29. The highest BCUT2D eigenvalue weighted by atomic mass is 16.2. The largest absolute Gasteiger partial charge is 0.341 e.